The van der Waals surface area contributed by atoms with Crippen LogP contribution >= 0.6 is 0 Å². The lowest BCUT2D eigenvalue weighted by Crippen LogP contribution is -2.06. The van der Waals surface area contributed by atoms with E-state index in [2.05, 4.69) is 17.8 Å². The first-order valence-corrected chi connectivity index (χ1v) is 3.60. The predicted molar refractivity (Wildman–Crippen MR) is 50.4 cm³/mol. The van der Waals surface area contributed by atoms with E-state index < -0.39 is 5.91 Å². The van der Waals surface area contributed by atoms with Crippen LogP contribution in [0.2, 0.25) is 0 Å². The Morgan fingerprint density at radius 1 is 1.23 bits per heavy atom. The number of rotatable bonds is 0. The monoisotopic (exact) mass is 169 g/mol. The van der Waals surface area contributed by atoms with Crippen molar-refractivity contribution in [1.82, 2.24) is 0 Å². The molecule has 2 N–H and O–H groups in total. The van der Waals surface area contributed by atoms with Gasteiger partial charge in [0.1, 0.15) is 0 Å². The zero-order chi connectivity index (χ0) is 9.68. The zero-order valence-electron chi connectivity index (χ0n) is 6.87. The number of nitrogens with two attached hydrogens (primary N) is 1. The third-order valence-corrected chi connectivity index (χ3v) is 1.38. The Bertz CT molecular complexity index is 412. The fraction of sp³-hybridized carbons (Fsp3) is 0. The van der Waals surface area contributed by atoms with Crippen LogP contribution in [0.3, 0.4) is 0 Å². The Labute approximate surface area is 76.8 Å². The average molecular weight is 169 g/mol. The molecule has 13 heavy (non-hydrogen) atoms. The number of terminal acetylenes is 1. The van der Waals surface area contributed by atoms with Gasteiger partial charge in [-0.2, -0.15) is 0 Å². The number of carbonyl (C=O) groups is 1. The summed E-state index contributed by atoms with van der Waals surface area (Å²) in [5, 5.41) is 0. The lowest BCUT2D eigenvalue weighted by Gasteiger charge is -1.89. The third kappa shape index (κ3) is 2.73. The molecular weight excluding hydrogens is 162 g/mol. The lowest BCUT2D eigenvalue weighted by atomic mass is 10.1. The SMILES string of the molecule is C#Cc1ccc(C#CC(N)=O)cc1. The van der Waals surface area contributed by atoms with E-state index in [1.54, 1.807) is 24.3 Å². The molecule has 0 aliphatic rings. The van der Waals surface area contributed by atoms with E-state index in [0.717, 1.165) is 11.1 Å². The van der Waals surface area contributed by atoms with Gasteiger partial charge in [0, 0.05) is 11.1 Å². The van der Waals surface area contributed by atoms with E-state index in [4.69, 9.17) is 12.2 Å². The van der Waals surface area contributed by atoms with Gasteiger partial charge in [-0.25, -0.2) is 0 Å². The molecule has 2 heteroatoms. The van der Waals surface area contributed by atoms with Gasteiger partial charge in [0.25, 0.3) is 5.91 Å². The third-order valence-electron chi connectivity index (χ3n) is 1.38. The largest absolute Gasteiger partial charge is 0.359 e. The van der Waals surface area contributed by atoms with Gasteiger partial charge in [-0.05, 0) is 30.2 Å². The van der Waals surface area contributed by atoms with Crippen molar-refractivity contribution in [2.45, 2.75) is 0 Å². The normalized spacial score (nSPS) is 7.92. The fourth-order valence-corrected chi connectivity index (χ4v) is 0.784. The molecule has 0 saturated carbocycles. The van der Waals surface area contributed by atoms with Crippen molar-refractivity contribution >= 4 is 5.91 Å². The van der Waals surface area contributed by atoms with Gasteiger partial charge in [-0.15, -0.1) is 6.42 Å². The molecule has 0 saturated heterocycles. The number of carbonyl (C=O) groups excluding carboxylic acids is 1. The highest BCUT2D eigenvalue weighted by atomic mass is 16.1. The van der Waals surface area contributed by atoms with E-state index in [1.165, 1.54) is 0 Å². The highest BCUT2D eigenvalue weighted by Crippen LogP contribution is 2.00. The standard InChI is InChI=1S/C11H7NO/c1-2-9-3-5-10(6-4-9)7-8-11(12)13/h1,3-6H,(H2,12,13). The number of primary amides is 1. The molecule has 1 amide bonds. The van der Waals surface area contributed by atoms with Crippen LogP contribution < -0.4 is 5.73 Å². The van der Waals surface area contributed by atoms with Crippen LogP contribution in [-0.4, -0.2) is 5.91 Å². The summed E-state index contributed by atoms with van der Waals surface area (Å²) in [5.41, 5.74) is 6.35. The summed E-state index contributed by atoms with van der Waals surface area (Å²) >= 11 is 0. The van der Waals surface area contributed by atoms with Crippen molar-refractivity contribution < 1.29 is 4.79 Å². The Balaban J connectivity index is 2.90. The molecule has 0 radical (unpaired) electrons. The summed E-state index contributed by atoms with van der Waals surface area (Å²) in [5.74, 6) is 6.68. The first kappa shape index (κ1) is 8.90. The van der Waals surface area contributed by atoms with Gasteiger partial charge >= 0.3 is 0 Å². The maximum absolute atomic E-state index is 10.3. The van der Waals surface area contributed by atoms with Gasteiger partial charge in [-0.1, -0.05) is 11.8 Å². The minimum Gasteiger partial charge on any atom is -0.359 e. The molecule has 2 nitrogen and oxygen atoms in total. The molecule has 1 aromatic carbocycles. The molecule has 0 spiro atoms. The van der Waals surface area contributed by atoms with Crippen molar-refractivity contribution in [3.05, 3.63) is 35.4 Å². The molecule has 62 valence electrons. The highest BCUT2D eigenvalue weighted by molar-refractivity contribution is 5.92. The summed E-state index contributed by atoms with van der Waals surface area (Å²) in [6.45, 7) is 0. The highest BCUT2D eigenvalue weighted by Gasteiger charge is 1.88. The Morgan fingerprint density at radius 3 is 2.23 bits per heavy atom. The van der Waals surface area contributed by atoms with Crippen molar-refractivity contribution in [2.75, 3.05) is 0 Å². The summed E-state index contributed by atoms with van der Waals surface area (Å²) in [4.78, 5) is 10.3. The Morgan fingerprint density at radius 2 is 1.77 bits per heavy atom. The van der Waals surface area contributed by atoms with Gasteiger partial charge in [0.05, 0.1) is 0 Å². The molecular formula is C11H7NO. The van der Waals surface area contributed by atoms with E-state index >= 15 is 0 Å². The maximum atomic E-state index is 10.3. The number of amides is 1. The second-order valence-corrected chi connectivity index (χ2v) is 2.34. The summed E-state index contributed by atoms with van der Waals surface area (Å²) in [7, 11) is 0. The molecule has 0 atom stereocenters. The van der Waals surface area contributed by atoms with Crippen LogP contribution in [0.15, 0.2) is 24.3 Å². The topological polar surface area (TPSA) is 43.1 Å². The quantitative estimate of drug-likeness (QED) is 0.565. The Kier molecular flexibility index (Phi) is 2.73. The molecule has 0 unspecified atom stereocenters. The van der Waals surface area contributed by atoms with E-state index in [1.807, 2.05) is 0 Å². The summed E-state index contributed by atoms with van der Waals surface area (Å²) in [6, 6.07) is 6.99. The molecule has 1 aromatic rings. The predicted octanol–water partition coefficient (Wildman–Crippen LogP) is 0.505. The minimum atomic E-state index is -0.638. The molecule has 0 bridgehead atoms. The zero-order valence-corrected chi connectivity index (χ0v) is 6.87. The smallest absolute Gasteiger partial charge is 0.293 e. The van der Waals surface area contributed by atoms with Crippen LogP contribution in [0.4, 0.5) is 0 Å². The first-order chi connectivity index (χ1) is 6.22. The van der Waals surface area contributed by atoms with E-state index in [-0.39, 0.29) is 0 Å². The van der Waals surface area contributed by atoms with Gasteiger partial charge in [0.15, 0.2) is 0 Å². The van der Waals surface area contributed by atoms with Gasteiger partial charge in [-0.3, -0.25) is 4.79 Å². The van der Waals surface area contributed by atoms with Gasteiger partial charge in [0.2, 0.25) is 0 Å². The Hall–Kier alpha value is -2.19. The molecule has 1 rings (SSSR count). The van der Waals surface area contributed by atoms with Crippen LogP contribution in [0.5, 0.6) is 0 Å². The number of benzene rings is 1. The van der Waals surface area contributed by atoms with Crippen LogP contribution in [0.25, 0.3) is 0 Å². The van der Waals surface area contributed by atoms with E-state index in [9.17, 15) is 4.79 Å². The number of hydrogen-bond acceptors (Lipinski definition) is 1. The molecule has 0 fully saturated rings. The molecule has 0 aliphatic carbocycles. The van der Waals surface area contributed by atoms with Crippen LogP contribution in [0, 0.1) is 24.2 Å². The minimum absolute atomic E-state index is 0.638. The lowest BCUT2D eigenvalue weighted by molar-refractivity contribution is -0.112. The average Bonchev–Trinajstić information content (AvgIpc) is 2.15. The van der Waals surface area contributed by atoms with Crippen LogP contribution in [-0.2, 0) is 4.79 Å². The summed E-state index contributed by atoms with van der Waals surface area (Å²) < 4.78 is 0. The van der Waals surface area contributed by atoms with E-state index in [0.29, 0.717) is 0 Å². The maximum Gasteiger partial charge on any atom is 0.293 e. The van der Waals surface area contributed by atoms with Crippen molar-refractivity contribution in [3.63, 3.8) is 0 Å². The molecule has 0 aliphatic heterocycles. The number of hydrogen-bond donors (Lipinski definition) is 1. The summed E-state index contributed by atoms with van der Waals surface area (Å²) in [6.07, 6.45) is 5.16. The van der Waals surface area contributed by atoms with Gasteiger partial charge < -0.3 is 5.73 Å². The first-order valence-electron chi connectivity index (χ1n) is 3.60. The molecule has 0 aromatic heterocycles. The fourth-order valence-electron chi connectivity index (χ4n) is 0.784. The van der Waals surface area contributed by atoms with Crippen LogP contribution in [0.1, 0.15) is 11.1 Å². The second kappa shape index (κ2) is 3.99. The van der Waals surface area contributed by atoms with Crippen molar-refractivity contribution in [2.24, 2.45) is 5.73 Å². The molecule has 0 heterocycles. The second-order valence-electron chi connectivity index (χ2n) is 2.34. The van der Waals surface area contributed by atoms with Crippen molar-refractivity contribution in [1.29, 1.82) is 0 Å². The van der Waals surface area contributed by atoms with Crippen molar-refractivity contribution in [3.8, 4) is 24.2 Å².